The lowest BCUT2D eigenvalue weighted by Gasteiger charge is -2.65. The molecular formula is C16H28N2O3. The normalized spacial score (nSPS) is 42.8. The van der Waals surface area contributed by atoms with Crippen molar-refractivity contribution in [2.45, 2.75) is 70.2 Å². The first kappa shape index (κ1) is 15.3. The Morgan fingerprint density at radius 3 is 2.57 bits per heavy atom. The molecule has 0 radical (unpaired) electrons. The summed E-state index contributed by atoms with van der Waals surface area (Å²) in [4.78, 5) is 12.8. The molecule has 5 atom stereocenters. The molecule has 3 rings (SSSR count). The highest BCUT2D eigenvalue weighted by atomic mass is 16.5. The molecule has 3 N–H and O–H groups in total. The molecule has 5 heteroatoms. The van der Waals surface area contributed by atoms with Crippen molar-refractivity contribution in [1.82, 2.24) is 5.32 Å². The van der Waals surface area contributed by atoms with Gasteiger partial charge in [0.05, 0.1) is 18.2 Å². The average molecular weight is 296 g/mol. The summed E-state index contributed by atoms with van der Waals surface area (Å²) in [5.41, 5.74) is 5.44. The summed E-state index contributed by atoms with van der Waals surface area (Å²) < 4.78 is 11.5. The third-order valence-corrected chi connectivity index (χ3v) is 5.94. The summed E-state index contributed by atoms with van der Waals surface area (Å²) >= 11 is 0. The summed E-state index contributed by atoms with van der Waals surface area (Å²) in [5.74, 6) is 0.0974. The van der Waals surface area contributed by atoms with Crippen molar-refractivity contribution < 1.29 is 14.3 Å². The van der Waals surface area contributed by atoms with Crippen molar-refractivity contribution in [1.29, 1.82) is 0 Å². The molecule has 2 heterocycles. The van der Waals surface area contributed by atoms with Crippen LogP contribution in [0.1, 0.15) is 46.5 Å². The van der Waals surface area contributed by atoms with Crippen LogP contribution < -0.4 is 11.1 Å². The third-order valence-electron chi connectivity index (χ3n) is 5.94. The van der Waals surface area contributed by atoms with Crippen LogP contribution in [0.3, 0.4) is 0 Å². The van der Waals surface area contributed by atoms with Crippen LogP contribution >= 0.6 is 0 Å². The van der Waals surface area contributed by atoms with E-state index in [1.807, 2.05) is 6.92 Å². The fourth-order valence-corrected chi connectivity index (χ4v) is 4.45. The minimum absolute atomic E-state index is 0.0137. The molecule has 120 valence electrons. The Labute approximate surface area is 126 Å². The van der Waals surface area contributed by atoms with E-state index in [-0.39, 0.29) is 35.5 Å². The number of ether oxygens (including phenoxy) is 2. The number of nitrogens with two attached hydrogens (primary N) is 1. The van der Waals surface area contributed by atoms with E-state index in [0.717, 1.165) is 38.9 Å². The standard InChI is InChI=1S/C16H28N2O3/c1-10(12-7-5-8-20-12)18-14(19)16(17)11-6-4-9-21-13(11)15(16,2)3/h10-13H,4-9,17H2,1-3H3,(H,18,19). The second-order valence-corrected chi connectivity index (χ2v) is 7.44. The Hall–Kier alpha value is -0.650. The highest BCUT2D eigenvalue weighted by molar-refractivity contribution is 5.89. The Morgan fingerprint density at radius 1 is 1.24 bits per heavy atom. The van der Waals surface area contributed by atoms with Crippen molar-refractivity contribution in [2.75, 3.05) is 13.2 Å². The lowest BCUT2D eigenvalue weighted by atomic mass is 9.46. The van der Waals surface area contributed by atoms with Gasteiger partial charge in [0, 0.05) is 24.5 Å². The second kappa shape index (κ2) is 5.21. The molecule has 1 amide bonds. The van der Waals surface area contributed by atoms with Gasteiger partial charge in [-0.1, -0.05) is 13.8 Å². The molecule has 1 saturated carbocycles. The molecule has 21 heavy (non-hydrogen) atoms. The molecule has 1 aliphatic carbocycles. The van der Waals surface area contributed by atoms with Crippen LogP contribution in [-0.4, -0.2) is 42.9 Å². The average Bonchev–Trinajstić information content (AvgIpc) is 3.00. The van der Waals surface area contributed by atoms with Crippen LogP contribution in [0.15, 0.2) is 0 Å². The number of fused-ring (bicyclic) bond motifs is 1. The van der Waals surface area contributed by atoms with Crippen LogP contribution in [0.4, 0.5) is 0 Å². The molecule has 2 aliphatic heterocycles. The van der Waals surface area contributed by atoms with Crippen molar-refractivity contribution in [3.8, 4) is 0 Å². The quantitative estimate of drug-likeness (QED) is 0.821. The Balaban J connectivity index is 1.70. The van der Waals surface area contributed by atoms with Gasteiger partial charge in [-0.15, -0.1) is 0 Å². The summed E-state index contributed by atoms with van der Waals surface area (Å²) in [6, 6.07) is 0.0137. The molecule has 0 spiro atoms. The Bertz CT molecular complexity index is 420. The maximum absolute atomic E-state index is 12.8. The van der Waals surface area contributed by atoms with Gasteiger partial charge >= 0.3 is 0 Å². The molecule has 0 aromatic rings. The van der Waals surface area contributed by atoms with Crippen LogP contribution in [0, 0.1) is 11.3 Å². The van der Waals surface area contributed by atoms with Gasteiger partial charge in [0.1, 0.15) is 5.54 Å². The predicted molar refractivity (Wildman–Crippen MR) is 79.7 cm³/mol. The Kier molecular flexibility index (Phi) is 3.79. The minimum atomic E-state index is -0.828. The zero-order chi connectivity index (χ0) is 15.3. The number of rotatable bonds is 3. The van der Waals surface area contributed by atoms with E-state index in [4.69, 9.17) is 15.2 Å². The maximum Gasteiger partial charge on any atom is 0.241 e. The summed E-state index contributed by atoms with van der Waals surface area (Å²) in [6.07, 6.45) is 4.29. The van der Waals surface area contributed by atoms with Crippen LogP contribution in [-0.2, 0) is 14.3 Å². The van der Waals surface area contributed by atoms with Gasteiger partial charge in [0.25, 0.3) is 0 Å². The van der Waals surface area contributed by atoms with Gasteiger partial charge in [0.2, 0.25) is 5.91 Å². The molecule has 2 saturated heterocycles. The van der Waals surface area contributed by atoms with Gasteiger partial charge in [-0.2, -0.15) is 0 Å². The van der Waals surface area contributed by atoms with E-state index in [1.54, 1.807) is 0 Å². The highest BCUT2D eigenvalue weighted by Crippen LogP contribution is 2.57. The van der Waals surface area contributed by atoms with Crippen LogP contribution in [0.5, 0.6) is 0 Å². The minimum Gasteiger partial charge on any atom is -0.377 e. The Morgan fingerprint density at radius 2 is 1.90 bits per heavy atom. The number of amides is 1. The van der Waals surface area contributed by atoms with Gasteiger partial charge in [-0.05, 0) is 32.6 Å². The first-order valence-corrected chi connectivity index (χ1v) is 8.22. The van der Waals surface area contributed by atoms with Gasteiger partial charge in [-0.3, -0.25) is 4.79 Å². The zero-order valence-corrected chi connectivity index (χ0v) is 13.4. The summed E-state index contributed by atoms with van der Waals surface area (Å²) in [5, 5.41) is 3.11. The fraction of sp³-hybridized carbons (Fsp3) is 0.938. The van der Waals surface area contributed by atoms with E-state index in [2.05, 4.69) is 19.2 Å². The smallest absolute Gasteiger partial charge is 0.241 e. The molecule has 3 aliphatic rings. The number of hydrogen-bond donors (Lipinski definition) is 2. The first-order chi connectivity index (χ1) is 9.89. The van der Waals surface area contributed by atoms with Crippen molar-refractivity contribution in [3.63, 3.8) is 0 Å². The SMILES string of the molecule is CC(NC(=O)C1(N)C2CCCOC2C1(C)C)C1CCCO1. The van der Waals surface area contributed by atoms with E-state index in [0.29, 0.717) is 0 Å². The lowest BCUT2D eigenvalue weighted by molar-refractivity contribution is -0.225. The van der Waals surface area contributed by atoms with Crippen molar-refractivity contribution in [2.24, 2.45) is 17.1 Å². The number of nitrogens with one attached hydrogen (secondary N) is 1. The zero-order valence-electron chi connectivity index (χ0n) is 13.4. The lowest BCUT2D eigenvalue weighted by Crippen LogP contribution is -2.82. The monoisotopic (exact) mass is 296 g/mol. The highest BCUT2D eigenvalue weighted by Gasteiger charge is 2.70. The first-order valence-electron chi connectivity index (χ1n) is 8.22. The van der Waals surface area contributed by atoms with Gasteiger partial charge in [-0.25, -0.2) is 0 Å². The summed E-state index contributed by atoms with van der Waals surface area (Å²) in [6.45, 7) is 7.70. The van der Waals surface area contributed by atoms with E-state index in [1.165, 1.54) is 0 Å². The molecule has 0 bridgehead atoms. The van der Waals surface area contributed by atoms with Crippen LogP contribution in [0.25, 0.3) is 0 Å². The van der Waals surface area contributed by atoms with Gasteiger partial charge < -0.3 is 20.5 Å². The molecular weight excluding hydrogens is 268 g/mol. The summed E-state index contributed by atoms with van der Waals surface area (Å²) in [7, 11) is 0. The van der Waals surface area contributed by atoms with E-state index < -0.39 is 5.54 Å². The maximum atomic E-state index is 12.8. The second-order valence-electron chi connectivity index (χ2n) is 7.44. The predicted octanol–water partition coefficient (Wildman–Crippen LogP) is 1.20. The van der Waals surface area contributed by atoms with Gasteiger partial charge in [0.15, 0.2) is 0 Å². The van der Waals surface area contributed by atoms with Crippen molar-refractivity contribution >= 4 is 5.91 Å². The number of carbonyl (C=O) groups is 1. The molecule has 5 nitrogen and oxygen atoms in total. The molecule has 0 aromatic heterocycles. The van der Waals surface area contributed by atoms with E-state index in [9.17, 15) is 4.79 Å². The van der Waals surface area contributed by atoms with Crippen LogP contribution in [0.2, 0.25) is 0 Å². The number of hydrogen-bond acceptors (Lipinski definition) is 4. The number of carbonyl (C=O) groups excluding carboxylic acids is 1. The largest absolute Gasteiger partial charge is 0.377 e. The molecule has 3 fully saturated rings. The topological polar surface area (TPSA) is 73.6 Å². The van der Waals surface area contributed by atoms with Crippen molar-refractivity contribution in [3.05, 3.63) is 0 Å². The molecule has 0 aromatic carbocycles. The fourth-order valence-electron chi connectivity index (χ4n) is 4.45. The van der Waals surface area contributed by atoms with E-state index >= 15 is 0 Å². The third kappa shape index (κ3) is 2.13. The molecule has 5 unspecified atom stereocenters.